The molecule has 0 radical (unpaired) electrons. The molecule has 1 N–H and O–H groups in total. The molecule has 29 heavy (non-hydrogen) atoms. The first-order valence-electron chi connectivity index (χ1n) is 9.54. The maximum atomic E-state index is 12.6. The zero-order valence-corrected chi connectivity index (χ0v) is 18.5. The Morgan fingerprint density at radius 2 is 1.83 bits per heavy atom. The van der Waals surface area contributed by atoms with Gasteiger partial charge in [0.25, 0.3) is 0 Å². The van der Waals surface area contributed by atoms with Crippen molar-refractivity contribution in [3.63, 3.8) is 0 Å². The van der Waals surface area contributed by atoms with E-state index in [1.807, 2.05) is 0 Å². The van der Waals surface area contributed by atoms with Gasteiger partial charge in [-0.1, -0.05) is 56.4 Å². The largest absolute Gasteiger partial charge is 0.302 e. The van der Waals surface area contributed by atoms with Gasteiger partial charge in [-0.2, -0.15) is 0 Å². The first-order chi connectivity index (χ1) is 13.5. The van der Waals surface area contributed by atoms with Crippen LogP contribution in [0.3, 0.4) is 0 Å². The maximum absolute atomic E-state index is 12.6. The van der Waals surface area contributed by atoms with Crippen LogP contribution in [0.5, 0.6) is 0 Å². The fourth-order valence-corrected chi connectivity index (χ4v) is 5.10. The van der Waals surface area contributed by atoms with Gasteiger partial charge < -0.3 is 5.32 Å². The van der Waals surface area contributed by atoms with E-state index in [1.54, 1.807) is 18.2 Å². The van der Waals surface area contributed by atoms with Crippen LogP contribution in [-0.4, -0.2) is 25.6 Å². The van der Waals surface area contributed by atoms with E-state index < -0.39 is 9.84 Å². The molecule has 2 aromatic carbocycles. The number of nitrogens with one attached hydrogen (secondary N) is 1. The summed E-state index contributed by atoms with van der Waals surface area (Å²) in [6, 6.07) is 13.4. The summed E-state index contributed by atoms with van der Waals surface area (Å²) in [5.41, 5.74) is 3.27. The normalized spacial score (nSPS) is 19.3. The van der Waals surface area contributed by atoms with E-state index >= 15 is 0 Å². The average Bonchev–Trinajstić information content (AvgIpc) is 3.33. The molecule has 4 rings (SSSR count). The molecule has 1 aliphatic carbocycles. The van der Waals surface area contributed by atoms with E-state index in [-0.39, 0.29) is 28.1 Å². The molecule has 0 aliphatic heterocycles. The van der Waals surface area contributed by atoms with Crippen molar-refractivity contribution in [2.24, 2.45) is 5.92 Å². The van der Waals surface area contributed by atoms with Crippen LogP contribution in [0.15, 0.2) is 47.4 Å². The summed E-state index contributed by atoms with van der Waals surface area (Å²) in [5, 5.41) is 3.41. The lowest BCUT2D eigenvalue weighted by Crippen LogP contribution is -2.14. The number of hydrogen-bond donors (Lipinski definition) is 1. The molecule has 5 nitrogen and oxygen atoms in total. The van der Waals surface area contributed by atoms with Crippen LogP contribution in [0.25, 0.3) is 10.2 Å². The Hall–Kier alpha value is -2.25. The van der Waals surface area contributed by atoms with Crippen molar-refractivity contribution < 1.29 is 13.2 Å². The number of anilines is 1. The molecular weight excluding hydrogens is 404 g/mol. The summed E-state index contributed by atoms with van der Waals surface area (Å²) in [4.78, 5) is 17.3. The van der Waals surface area contributed by atoms with E-state index in [4.69, 9.17) is 0 Å². The number of carbonyl (C=O) groups is 1. The van der Waals surface area contributed by atoms with Crippen LogP contribution >= 0.6 is 11.3 Å². The highest BCUT2D eigenvalue weighted by Crippen LogP contribution is 2.48. The molecule has 1 heterocycles. The van der Waals surface area contributed by atoms with Gasteiger partial charge in [-0.3, -0.25) is 4.79 Å². The second-order valence-electron chi connectivity index (χ2n) is 8.73. The number of benzene rings is 2. The minimum Gasteiger partial charge on any atom is -0.302 e. The Balaban J connectivity index is 1.45. The number of thiazole rings is 1. The average molecular weight is 429 g/mol. The summed E-state index contributed by atoms with van der Waals surface area (Å²) in [6.07, 6.45) is 2.02. The number of carbonyl (C=O) groups excluding carboxylic acids is 1. The SMILES string of the molecule is CC(C)(C)c1ccc(C2CC2C(=O)Nc2nc3ccc(S(C)(=O)=O)cc3s2)cc1. The van der Waals surface area contributed by atoms with E-state index in [2.05, 4.69) is 55.3 Å². The van der Waals surface area contributed by atoms with Gasteiger partial charge in [-0.25, -0.2) is 13.4 Å². The lowest BCUT2D eigenvalue weighted by Gasteiger charge is -2.19. The number of aromatic nitrogens is 1. The van der Waals surface area contributed by atoms with Crippen molar-refractivity contribution in [3.8, 4) is 0 Å². The molecule has 1 fully saturated rings. The summed E-state index contributed by atoms with van der Waals surface area (Å²) >= 11 is 1.30. The van der Waals surface area contributed by atoms with Crippen LogP contribution in [0.4, 0.5) is 5.13 Å². The Kier molecular flexibility index (Phi) is 4.78. The van der Waals surface area contributed by atoms with Crippen LogP contribution in [0, 0.1) is 5.92 Å². The zero-order chi connectivity index (χ0) is 21.0. The van der Waals surface area contributed by atoms with Crippen molar-refractivity contribution in [1.29, 1.82) is 0 Å². The van der Waals surface area contributed by atoms with E-state index in [9.17, 15) is 13.2 Å². The molecule has 3 aromatic rings. The number of hydrogen-bond acceptors (Lipinski definition) is 5. The predicted molar refractivity (Wildman–Crippen MR) is 117 cm³/mol. The van der Waals surface area contributed by atoms with Gasteiger partial charge in [0.2, 0.25) is 5.91 Å². The highest BCUT2D eigenvalue weighted by atomic mass is 32.2. The quantitative estimate of drug-likeness (QED) is 0.651. The minimum atomic E-state index is -3.27. The molecule has 0 spiro atoms. The van der Waals surface area contributed by atoms with Crippen molar-refractivity contribution >= 4 is 42.4 Å². The van der Waals surface area contributed by atoms with Crippen molar-refractivity contribution in [2.75, 3.05) is 11.6 Å². The number of nitrogens with zero attached hydrogens (tertiary/aromatic N) is 1. The van der Waals surface area contributed by atoms with Gasteiger partial charge in [-0.15, -0.1) is 0 Å². The summed E-state index contributed by atoms with van der Waals surface area (Å²) in [7, 11) is -3.27. The molecule has 1 aliphatic rings. The summed E-state index contributed by atoms with van der Waals surface area (Å²) < 4.78 is 24.2. The van der Waals surface area contributed by atoms with Crippen molar-refractivity contribution in [1.82, 2.24) is 4.98 Å². The van der Waals surface area contributed by atoms with E-state index in [0.717, 1.165) is 11.1 Å². The molecule has 2 atom stereocenters. The molecule has 1 aromatic heterocycles. The van der Waals surface area contributed by atoms with Crippen molar-refractivity contribution in [3.05, 3.63) is 53.6 Å². The third kappa shape index (κ3) is 4.21. The Morgan fingerprint density at radius 1 is 1.14 bits per heavy atom. The van der Waals surface area contributed by atoms with Gasteiger partial charge in [0.15, 0.2) is 15.0 Å². The monoisotopic (exact) mass is 428 g/mol. The van der Waals surface area contributed by atoms with E-state index in [1.165, 1.54) is 28.7 Å². The summed E-state index contributed by atoms with van der Waals surface area (Å²) in [6.45, 7) is 6.56. The molecular formula is C22H24N2O3S2. The third-order valence-corrected chi connectivity index (χ3v) is 7.39. The molecule has 7 heteroatoms. The molecule has 0 bridgehead atoms. The highest BCUT2D eigenvalue weighted by Gasteiger charge is 2.44. The van der Waals surface area contributed by atoms with Gasteiger partial charge in [-0.05, 0) is 47.1 Å². The number of rotatable bonds is 4. The van der Waals surface area contributed by atoms with Gasteiger partial charge in [0.1, 0.15) is 0 Å². The number of amides is 1. The first kappa shape index (κ1) is 20.0. The first-order valence-corrected chi connectivity index (χ1v) is 12.2. The lowest BCUT2D eigenvalue weighted by molar-refractivity contribution is -0.117. The number of fused-ring (bicyclic) bond motifs is 1. The minimum absolute atomic E-state index is 0.0303. The lowest BCUT2D eigenvalue weighted by atomic mass is 9.86. The Bertz CT molecular complexity index is 1190. The van der Waals surface area contributed by atoms with Crippen LogP contribution < -0.4 is 5.32 Å². The third-order valence-electron chi connectivity index (χ3n) is 5.35. The molecule has 1 saturated carbocycles. The van der Waals surface area contributed by atoms with Gasteiger partial charge >= 0.3 is 0 Å². The molecule has 0 saturated heterocycles. The Morgan fingerprint density at radius 3 is 2.45 bits per heavy atom. The van der Waals surface area contributed by atoms with Gasteiger partial charge in [0.05, 0.1) is 15.1 Å². The fourth-order valence-electron chi connectivity index (χ4n) is 3.47. The van der Waals surface area contributed by atoms with Crippen LogP contribution in [0.2, 0.25) is 0 Å². The molecule has 152 valence electrons. The van der Waals surface area contributed by atoms with E-state index in [0.29, 0.717) is 10.6 Å². The standard InChI is InChI=1S/C22H24N2O3S2/c1-22(2,3)14-7-5-13(6-8-14)16-12-17(16)20(25)24-21-23-18-10-9-15(29(4,26)27)11-19(18)28-21/h5-11,16-17H,12H2,1-4H3,(H,23,24,25). The maximum Gasteiger partial charge on any atom is 0.229 e. The number of sulfone groups is 1. The zero-order valence-electron chi connectivity index (χ0n) is 16.9. The fraction of sp³-hybridized carbons (Fsp3) is 0.364. The van der Waals surface area contributed by atoms with Gasteiger partial charge in [0, 0.05) is 12.2 Å². The van der Waals surface area contributed by atoms with Crippen LogP contribution in [-0.2, 0) is 20.0 Å². The topological polar surface area (TPSA) is 76.1 Å². The predicted octanol–water partition coefficient (Wildman–Crippen LogP) is 4.74. The van der Waals surface area contributed by atoms with Crippen LogP contribution in [0.1, 0.15) is 44.2 Å². The summed E-state index contributed by atoms with van der Waals surface area (Å²) in [5.74, 6) is 0.168. The van der Waals surface area contributed by atoms with Crippen molar-refractivity contribution in [2.45, 2.75) is 43.4 Å². The highest BCUT2D eigenvalue weighted by molar-refractivity contribution is 7.90. The Labute approximate surface area is 175 Å². The second-order valence-corrected chi connectivity index (χ2v) is 11.8. The molecule has 2 unspecified atom stereocenters. The second kappa shape index (κ2) is 6.92. The molecule has 1 amide bonds. The smallest absolute Gasteiger partial charge is 0.229 e.